The van der Waals surface area contributed by atoms with E-state index in [1.54, 1.807) is 71.6 Å². The molecule has 218 valence electrons. The molecule has 0 fully saturated rings. The maximum absolute atomic E-state index is 15.3. The number of nitrogens with zero attached hydrogens (tertiary/aromatic N) is 2. The average molecular weight is 605 g/mol. The summed E-state index contributed by atoms with van der Waals surface area (Å²) >= 11 is 11.7. The lowest BCUT2D eigenvalue weighted by atomic mass is 9.84. The monoisotopic (exact) mass is 603 g/mol. The standard InChI is InChI=1S/C30H32Cl2FN3O5/c31-15-17-35(18-16-32)24-11-12-26(25(33)19-24)34-29(41)36(21-23-9-5-2-6-10-23)30(28(39)40,14-13-27(37)38)20-22-7-3-1-4-8-22/h1-12,19H,13-18,20-21H2,(H,34,41)(H,37,38)(H,39,40)/t30-/m1/s1. The Bertz CT molecular complexity index is 1310. The highest BCUT2D eigenvalue weighted by Crippen LogP contribution is 2.31. The zero-order valence-corrected chi connectivity index (χ0v) is 23.8. The topological polar surface area (TPSA) is 110 Å². The summed E-state index contributed by atoms with van der Waals surface area (Å²) < 4.78 is 15.3. The molecule has 3 aromatic rings. The molecule has 3 rings (SSSR count). The molecular formula is C30H32Cl2FN3O5. The quantitative estimate of drug-likeness (QED) is 0.182. The Labute approximate surface area is 248 Å². The van der Waals surface area contributed by atoms with E-state index < -0.39 is 35.7 Å². The van der Waals surface area contributed by atoms with Crippen LogP contribution in [0.25, 0.3) is 0 Å². The fourth-order valence-corrected chi connectivity index (χ4v) is 5.01. The van der Waals surface area contributed by atoms with Crippen molar-refractivity contribution in [2.24, 2.45) is 0 Å². The minimum atomic E-state index is -1.96. The van der Waals surface area contributed by atoms with Gasteiger partial charge >= 0.3 is 18.0 Å². The summed E-state index contributed by atoms with van der Waals surface area (Å²) in [4.78, 5) is 41.4. The van der Waals surface area contributed by atoms with Gasteiger partial charge in [0.25, 0.3) is 0 Å². The number of carbonyl (C=O) groups excluding carboxylic acids is 1. The zero-order chi connectivity index (χ0) is 29.8. The van der Waals surface area contributed by atoms with Crippen molar-refractivity contribution in [3.63, 3.8) is 0 Å². The largest absolute Gasteiger partial charge is 0.481 e. The van der Waals surface area contributed by atoms with Crippen molar-refractivity contribution in [1.29, 1.82) is 0 Å². The van der Waals surface area contributed by atoms with E-state index in [2.05, 4.69) is 5.32 Å². The summed E-state index contributed by atoms with van der Waals surface area (Å²) in [5, 5.41) is 22.6. The van der Waals surface area contributed by atoms with Crippen LogP contribution in [0, 0.1) is 5.82 Å². The molecule has 0 radical (unpaired) electrons. The fourth-order valence-electron chi connectivity index (χ4n) is 4.61. The van der Waals surface area contributed by atoms with Crippen LogP contribution >= 0.6 is 23.2 Å². The second-order valence-corrected chi connectivity index (χ2v) is 10.2. The molecule has 3 N–H and O–H groups in total. The number of benzene rings is 3. The first-order valence-corrected chi connectivity index (χ1v) is 14.0. The average Bonchev–Trinajstić information content (AvgIpc) is 2.96. The number of carbonyl (C=O) groups is 3. The van der Waals surface area contributed by atoms with Gasteiger partial charge < -0.3 is 25.3 Å². The smallest absolute Gasteiger partial charge is 0.330 e. The number of hydrogen-bond donors (Lipinski definition) is 3. The number of alkyl halides is 2. The third-order valence-corrected chi connectivity index (χ3v) is 7.04. The molecule has 8 nitrogen and oxygen atoms in total. The number of carboxylic acids is 2. The van der Waals surface area contributed by atoms with Gasteiger partial charge in [0, 0.05) is 49.9 Å². The highest BCUT2D eigenvalue weighted by molar-refractivity contribution is 6.18. The van der Waals surface area contributed by atoms with E-state index in [1.165, 1.54) is 12.1 Å². The summed E-state index contributed by atoms with van der Waals surface area (Å²) in [7, 11) is 0. The van der Waals surface area contributed by atoms with Gasteiger partial charge in [-0.15, -0.1) is 23.2 Å². The number of amides is 2. The Balaban J connectivity index is 2.05. The number of anilines is 2. The first-order valence-electron chi connectivity index (χ1n) is 13.0. The van der Waals surface area contributed by atoms with Crippen molar-refractivity contribution >= 4 is 52.5 Å². The Morgan fingerprint density at radius 3 is 1.95 bits per heavy atom. The molecule has 3 aromatic carbocycles. The van der Waals surface area contributed by atoms with E-state index in [0.29, 0.717) is 41.7 Å². The number of urea groups is 1. The van der Waals surface area contributed by atoms with E-state index in [9.17, 15) is 24.6 Å². The van der Waals surface area contributed by atoms with Crippen LogP contribution < -0.4 is 10.2 Å². The molecule has 1 atom stereocenters. The van der Waals surface area contributed by atoms with Gasteiger partial charge in [0.05, 0.1) is 5.69 Å². The maximum atomic E-state index is 15.3. The van der Waals surface area contributed by atoms with Crippen molar-refractivity contribution in [2.45, 2.75) is 31.3 Å². The highest BCUT2D eigenvalue weighted by atomic mass is 35.5. The second-order valence-electron chi connectivity index (χ2n) is 9.42. The van der Waals surface area contributed by atoms with Crippen molar-refractivity contribution in [3.8, 4) is 0 Å². The SMILES string of the molecule is O=C(O)CC[C@@](Cc1ccccc1)(C(=O)O)N(Cc1ccccc1)C(=O)Nc1ccc(N(CCCl)CCCl)cc1F. The van der Waals surface area contributed by atoms with Gasteiger partial charge in [-0.2, -0.15) is 0 Å². The molecular weight excluding hydrogens is 572 g/mol. The Hall–Kier alpha value is -3.82. The highest BCUT2D eigenvalue weighted by Gasteiger charge is 2.47. The van der Waals surface area contributed by atoms with Gasteiger partial charge in [-0.3, -0.25) is 4.79 Å². The maximum Gasteiger partial charge on any atom is 0.330 e. The fraction of sp³-hybridized carbons (Fsp3) is 0.300. The lowest BCUT2D eigenvalue weighted by Gasteiger charge is -2.41. The molecule has 0 aromatic heterocycles. The van der Waals surface area contributed by atoms with Crippen LogP contribution in [0.15, 0.2) is 78.9 Å². The first-order chi connectivity index (χ1) is 19.7. The van der Waals surface area contributed by atoms with Gasteiger partial charge in [-0.1, -0.05) is 60.7 Å². The van der Waals surface area contributed by atoms with E-state index in [-0.39, 0.29) is 25.1 Å². The number of halogens is 3. The lowest BCUT2D eigenvalue weighted by molar-refractivity contribution is -0.151. The predicted octanol–water partition coefficient (Wildman–Crippen LogP) is 6.07. The molecule has 0 aliphatic rings. The zero-order valence-electron chi connectivity index (χ0n) is 22.3. The van der Waals surface area contributed by atoms with Crippen molar-refractivity contribution in [3.05, 3.63) is 95.8 Å². The van der Waals surface area contributed by atoms with Crippen LogP contribution in [0.1, 0.15) is 24.0 Å². The van der Waals surface area contributed by atoms with Crippen LogP contribution in [0.2, 0.25) is 0 Å². The minimum Gasteiger partial charge on any atom is -0.481 e. The molecule has 0 aliphatic heterocycles. The summed E-state index contributed by atoms with van der Waals surface area (Å²) in [5.41, 5.74) is -0.391. The molecule has 2 amide bonds. The molecule has 0 spiro atoms. The number of hydrogen-bond acceptors (Lipinski definition) is 4. The first kappa shape index (κ1) is 31.7. The molecule has 0 saturated carbocycles. The van der Waals surface area contributed by atoms with Crippen LogP contribution in [-0.4, -0.2) is 63.5 Å². The van der Waals surface area contributed by atoms with Gasteiger partial charge in [0.15, 0.2) is 0 Å². The van der Waals surface area contributed by atoms with E-state index >= 15 is 4.39 Å². The number of carboxylic acid groups (broad SMARTS) is 2. The summed E-state index contributed by atoms with van der Waals surface area (Å²) in [5.74, 6) is -2.70. The number of nitrogens with one attached hydrogen (secondary N) is 1. The third kappa shape index (κ3) is 8.58. The van der Waals surface area contributed by atoms with Crippen LogP contribution in [0.5, 0.6) is 0 Å². The Morgan fingerprint density at radius 2 is 1.44 bits per heavy atom. The molecule has 0 aliphatic carbocycles. The molecule has 0 bridgehead atoms. The number of rotatable bonds is 15. The lowest BCUT2D eigenvalue weighted by Crippen LogP contribution is -2.59. The molecule has 0 heterocycles. The van der Waals surface area contributed by atoms with Crippen molar-refractivity contribution in [2.75, 3.05) is 35.1 Å². The van der Waals surface area contributed by atoms with Crippen LogP contribution in [0.3, 0.4) is 0 Å². The summed E-state index contributed by atoms with van der Waals surface area (Å²) in [6.07, 6.45) is -1.04. The van der Waals surface area contributed by atoms with E-state index in [4.69, 9.17) is 23.2 Å². The molecule has 41 heavy (non-hydrogen) atoms. The predicted molar refractivity (Wildman–Crippen MR) is 158 cm³/mol. The Morgan fingerprint density at radius 1 is 0.854 bits per heavy atom. The molecule has 11 heteroatoms. The van der Waals surface area contributed by atoms with Gasteiger partial charge in [-0.25, -0.2) is 14.0 Å². The van der Waals surface area contributed by atoms with Crippen LogP contribution in [-0.2, 0) is 22.6 Å². The Kier molecular flexibility index (Phi) is 11.8. The van der Waals surface area contributed by atoms with Gasteiger partial charge in [0.1, 0.15) is 11.4 Å². The van der Waals surface area contributed by atoms with Gasteiger partial charge in [0.2, 0.25) is 0 Å². The molecule has 0 unspecified atom stereocenters. The second kappa shape index (κ2) is 15.3. The normalized spacial score (nSPS) is 12.3. The van der Waals surface area contributed by atoms with Gasteiger partial charge in [-0.05, 0) is 35.7 Å². The van der Waals surface area contributed by atoms with Crippen molar-refractivity contribution < 1.29 is 29.0 Å². The van der Waals surface area contributed by atoms with Crippen LogP contribution in [0.4, 0.5) is 20.6 Å². The third-order valence-electron chi connectivity index (χ3n) is 6.70. The van der Waals surface area contributed by atoms with E-state index in [0.717, 1.165) is 4.90 Å². The summed E-state index contributed by atoms with van der Waals surface area (Å²) in [6.45, 7) is 0.716. The molecule has 0 saturated heterocycles. The minimum absolute atomic E-state index is 0.161. The summed E-state index contributed by atoms with van der Waals surface area (Å²) in [6, 6.07) is 20.7. The van der Waals surface area contributed by atoms with E-state index in [1.807, 2.05) is 0 Å². The number of aliphatic carboxylic acids is 2. The van der Waals surface area contributed by atoms with Crippen molar-refractivity contribution in [1.82, 2.24) is 4.90 Å².